The molecular weight excluding hydrogens is 270 g/mol. The van der Waals surface area contributed by atoms with Crippen LogP contribution in [0.4, 0.5) is 0 Å². The average molecular weight is 295 g/mol. The Bertz CT molecular complexity index is 432. The molecule has 0 aromatic carbocycles. The summed E-state index contributed by atoms with van der Waals surface area (Å²) in [5, 5.41) is 3.02. The zero-order valence-corrected chi connectivity index (χ0v) is 13.1. The molecule has 6 heteroatoms. The standard InChI is InChI=1S/C15H25N3O3/c1-4-17(3)14(20)10(2)16-12-9-13(19)18(15(12)21)11-7-5-6-8-11/h10-12,16H,4-9H2,1-3H3. The van der Waals surface area contributed by atoms with Crippen molar-refractivity contribution < 1.29 is 14.4 Å². The van der Waals surface area contributed by atoms with Gasteiger partial charge in [-0.1, -0.05) is 12.8 Å². The lowest BCUT2D eigenvalue weighted by atomic mass is 10.2. The molecule has 2 aliphatic rings. The third kappa shape index (κ3) is 3.26. The minimum Gasteiger partial charge on any atom is -0.345 e. The van der Waals surface area contributed by atoms with Crippen molar-refractivity contribution in [3.05, 3.63) is 0 Å². The first-order chi connectivity index (χ1) is 9.95. The van der Waals surface area contributed by atoms with Gasteiger partial charge in [-0.2, -0.15) is 0 Å². The van der Waals surface area contributed by atoms with Crippen LogP contribution in [0.3, 0.4) is 0 Å². The Morgan fingerprint density at radius 1 is 1.38 bits per heavy atom. The Hall–Kier alpha value is -1.43. The lowest BCUT2D eigenvalue weighted by Gasteiger charge is -2.24. The quantitative estimate of drug-likeness (QED) is 0.751. The molecule has 0 bridgehead atoms. The van der Waals surface area contributed by atoms with E-state index in [9.17, 15) is 14.4 Å². The fourth-order valence-corrected chi connectivity index (χ4v) is 3.19. The summed E-state index contributed by atoms with van der Waals surface area (Å²) in [6.45, 7) is 4.26. The second kappa shape index (κ2) is 6.56. The van der Waals surface area contributed by atoms with Crippen LogP contribution in [0.2, 0.25) is 0 Å². The average Bonchev–Trinajstić information content (AvgIpc) is 3.06. The molecule has 0 radical (unpaired) electrons. The van der Waals surface area contributed by atoms with Gasteiger partial charge in [-0.25, -0.2) is 0 Å². The maximum Gasteiger partial charge on any atom is 0.247 e. The molecule has 1 aliphatic carbocycles. The summed E-state index contributed by atoms with van der Waals surface area (Å²) in [6, 6.07) is -0.941. The van der Waals surface area contributed by atoms with E-state index in [4.69, 9.17) is 0 Å². The highest BCUT2D eigenvalue weighted by molar-refractivity contribution is 6.06. The van der Waals surface area contributed by atoms with E-state index in [2.05, 4.69) is 5.32 Å². The third-order valence-electron chi connectivity index (χ3n) is 4.54. The Labute approximate surface area is 125 Å². The fraction of sp³-hybridized carbons (Fsp3) is 0.800. The highest BCUT2D eigenvalue weighted by Crippen LogP contribution is 2.28. The van der Waals surface area contributed by atoms with Crippen LogP contribution in [0.1, 0.15) is 46.0 Å². The van der Waals surface area contributed by atoms with E-state index in [1.807, 2.05) is 6.92 Å². The number of hydrogen-bond acceptors (Lipinski definition) is 4. The normalized spacial score (nSPS) is 24.7. The predicted molar refractivity (Wildman–Crippen MR) is 78.4 cm³/mol. The van der Waals surface area contributed by atoms with Crippen LogP contribution in [-0.2, 0) is 14.4 Å². The number of carbonyl (C=O) groups is 3. The van der Waals surface area contributed by atoms with Crippen molar-refractivity contribution in [3.8, 4) is 0 Å². The first-order valence-electron chi connectivity index (χ1n) is 7.82. The maximum atomic E-state index is 12.4. The minimum atomic E-state index is -0.553. The summed E-state index contributed by atoms with van der Waals surface area (Å²) in [5.74, 6) is -0.323. The van der Waals surface area contributed by atoms with Crippen molar-refractivity contribution in [1.82, 2.24) is 15.1 Å². The minimum absolute atomic E-state index is 0.0583. The van der Waals surface area contributed by atoms with Crippen LogP contribution in [0.5, 0.6) is 0 Å². The fourth-order valence-electron chi connectivity index (χ4n) is 3.19. The number of rotatable bonds is 5. The van der Waals surface area contributed by atoms with E-state index in [0.29, 0.717) is 6.54 Å². The second-order valence-electron chi connectivity index (χ2n) is 6.04. The van der Waals surface area contributed by atoms with Crippen molar-refractivity contribution in [2.45, 2.75) is 64.1 Å². The highest BCUT2D eigenvalue weighted by Gasteiger charge is 2.43. The molecule has 1 saturated heterocycles. The molecule has 6 nitrogen and oxygen atoms in total. The van der Waals surface area contributed by atoms with Gasteiger partial charge in [-0.3, -0.25) is 24.6 Å². The first kappa shape index (κ1) is 15.9. The van der Waals surface area contributed by atoms with Crippen LogP contribution in [-0.4, -0.2) is 59.2 Å². The Balaban J connectivity index is 1.97. The van der Waals surface area contributed by atoms with Crippen LogP contribution in [0.15, 0.2) is 0 Å². The lowest BCUT2D eigenvalue weighted by molar-refractivity contribution is -0.141. The third-order valence-corrected chi connectivity index (χ3v) is 4.54. The molecule has 1 heterocycles. The first-order valence-corrected chi connectivity index (χ1v) is 7.82. The van der Waals surface area contributed by atoms with Gasteiger partial charge in [-0.05, 0) is 26.7 Å². The summed E-state index contributed by atoms with van der Waals surface area (Å²) in [5.41, 5.74) is 0. The second-order valence-corrected chi connectivity index (χ2v) is 6.04. The van der Waals surface area contributed by atoms with Crippen molar-refractivity contribution in [2.75, 3.05) is 13.6 Å². The number of likely N-dealkylation sites (tertiary alicyclic amines) is 1. The van der Waals surface area contributed by atoms with Gasteiger partial charge >= 0.3 is 0 Å². The molecule has 3 amide bonds. The number of nitrogens with zero attached hydrogens (tertiary/aromatic N) is 2. The van der Waals surface area contributed by atoms with E-state index >= 15 is 0 Å². The smallest absolute Gasteiger partial charge is 0.247 e. The van der Waals surface area contributed by atoms with Gasteiger partial charge in [0.2, 0.25) is 17.7 Å². The maximum absolute atomic E-state index is 12.4. The highest BCUT2D eigenvalue weighted by atomic mass is 16.2. The molecule has 1 N–H and O–H groups in total. The van der Waals surface area contributed by atoms with Gasteiger partial charge in [0.25, 0.3) is 0 Å². The number of amides is 3. The van der Waals surface area contributed by atoms with Crippen LogP contribution >= 0.6 is 0 Å². The molecule has 2 rings (SSSR count). The summed E-state index contributed by atoms with van der Waals surface area (Å²) < 4.78 is 0. The molecule has 2 atom stereocenters. The Morgan fingerprint density at radius 2 is 2.00 bits per heavy atom. The molecule has 1 aliphatic heterocycles. The number of imide groups is 1. The Morgan fingerprint density at radius 3 is 2.57 bits per heavy atom. The van der Waals surface area contributed by atoms with Crippen molar-refractivity contribution in [3.63, 3.8) is 0 Å². The summed E-state index contributed by atoms with van der Waals surface area (Å²) in [6.07, 6.45) is 4.16. The number of likely N-dealkylation sites (N-methyl/N-ethyl adjacent to an activating group) is 1. The van der Waals surface area contributed by atoms with E-state index in [0.717, 1.165) is 25.7 Å². The lowest BCUT2D eigenvalue weighted by Crippen LogP contribution is -2.50. The topological polar surface area (TPSA) is 69.7 Å². The largest absolute Gasteiger partial charge is 0.345 e. The molecule has 2 unspecified atom stereocenters. The van der Waals surface area contributed by atoms with Gasteiger partial charge in [0.15, 0.2) is 0 Å². The molecule has 1 saturated carbocycles. The predicted octanol–water partition coefficient (Wildman–Crippen LogP) is 0.513. The molecule has 0 aromatic rings. The van der Waals surface area contributed by atoms with Gasteiger partial charge < -0.3 is 4.90 Å². The van der Waals surface area contributed by atoms with E-state index in [-0.39, 0.29) is 30.2 Å². The van der Waals surface area contributed by atoms with Crippen molar-refractivity contribution in [2.24, 2.45) is 0 Å². The van der Waals surface area contributed by atoms with Crippen LogP contribution < -0.4 is 5.32 Å². The van der Waals surface area contributed by atoms with Gasteiger partial charge in [0.1, 0.15) is 0 Å². The molecule has 0 aromatic heterocycles. The summed E-state index contributed by atoms with van der Waals surface area (Å²) >= 11 is 0. The number of hydrogen-bond donors (Lipinski definition) is 1. The monoisotopic (exact) mass is 295 g/mol. The van der Waals surface area contributed by atoms with Crippen LogP contribution in [0, 0.1) is 0 Å². The van der Waals surface area contributed by atoms with Crippen molar-refractivity contribution in [1.29, 1.82) is 0 Å². The Kier molecular flexibility index (Phi) is 4.98. The van der Waals surface area contributed by atoms with E-state index in [1.165, 1.54) is 4.90 Å². The summed E-state index contributed by atoms with van der Waals surface area (Å²) in [4.78, 5) is 39.6. The molecule has 118 valence electrons. The molecule has 0 spiro atoms. The number of nitrogens with one attached hydrogen (secondary N) is 1. The summed E-state index contributed by atoms with van der Waals surface area (Å²) in [7, 11) is 1.73. The van der Waals surface area contributed by atoms with Gasteiger partial charge in [0, 0.05) is 19.6 Å². The SMILES string of the molecule is CCN(C)C(=O)C(C)NC1CC(=O)N(C2CCCC2)C1=O. The molecule has 21 heavy (non-hydrogen) atoms. The van der Waals surface area contributed by atoms with Crippen molar-refractivity contribution >= 4 is 17.7 Å². The van der Waals surface area contributed by atoms with Gasteiger partial charge in [0.05, 0.1) is 18.5 Å². The van der Waals surface area contributed by atoms with Gasteiger partial charge in [-0.15, -0.1) is 0 Å². The zero-order chi connectivity index (χ0) is 15.6. The zero-order valence-electron chi connectivity index (χ0n) is 13.1. The molecular formula is C15H25N3O3. The van der Waals surface area contributed by atoms with Crippen LogP contribution in [0.25, 0.3) is 0 Å². The molecule has 2 fully saturated rings. The number of carbonyl (C=O) groups excluding carboxylic acids is 3. The van der Waals surface area contributed by atoms with E-state index in [1.54, 1.807) is 18.9 Å². The van der Waals surface area contributed by atoms with E-state index < -0.39 is 12.1 Å².